The number of nitrogens with one attached hydrogen (secondary N) is 1. The zero-order valence-electron chi connectivity index (χ0n) is 11.7. The van der Waals surface area contributed by atoms with E-state index in [0.717, 1.165) is 15.4 Å². The van der Waals surface area contributed by atoms with Gasteiger partial charge in [-0.1, -0.05) is 6.07 Å². The lowest BCUT2D eigenvalue weighted by Gasteiger charge is -2.09. The molecule has 0 fully saturated rings. The molecule has 0 saturated carbocycles. The van der Waals surface area contributed by atoms with E-state index in [4.69, 9.17) is 0 Å². The van der Waals surface area contributed by atoms with Crippen LogP contribution in [-0.2, 0) is 0 Å². The summed E-state index contributed by atoms with van der Waals surface area (Å²) in [5.41, 5.74) is 2.38. The van der Waals surface area contributed by atoms with Crippen LogP contribution >= 0.6 is 15.9 Å². The van der Waals surface area contributed by atoms with Gasteiger partial charge in [-0.15, -0.1) is 0 Å². The van der Waals surface area contributed by atoms with E-state index in [-0.39, 0.29) is 11.7 Å². The third kappa shape index (κ3) is 2.78. The molecule has 2 N–H and O–H groups in total. The number of hydrogen-bond acceptors (Lipinski definition) is 4. The van der Waals surface area contributed by atoms with Gasteiger partial charge in [-0.25, -0.2) is 4.98 Å². The molecule has 3 rings (SSSR count). The summed E-state index contributed by atoms with van der Waals surface area (Å²) in [6, 6.07) is 8.26. The molecule has 22 heavy (non-hydrogen) atoms. The molecule has 1 amide bonds. The third-order valence-corrected chi connectivity index (χ3v) is 3.84. The van der Waals surface area contributed by atoms with Crippen molar-refractivity contribution in [2.75, 3.05) is 5.32 Å². The number of phenols is 1. The molecular weight excluding hydrogens is 346 g/mol. The van der Waals surface area contributed by atoms with Crippen LogP contribution in [-0.4, -0.2) is 21.0 Å². The van der Waals surface area contributed by atoms with Gasteiger partial charge in [0.25, 0.3) is 5.91 Å². The van der Waals surface area contributed by atoms with Crippen LogP contribution in [0.15, 0.2) is 47.2 Å². The third-order valence-electron chi connectivity index (χ3n) is 3.26. The fraction of sp³-hybridized carbons (Fsp3) is 0.0625. The lowest BCUT2D eigenvalue weighted by atomic mass is 10.2. The fourth-order valence-corrected chi connectivity index (χ4v) is 2.50. The van der Waals surface area contributed by atoms with Crippen LogP contribution in [0.1, 0.15) is 16.1 Å². The van der Waals surface area contributed by atoms with Gasteiger partial charge in [0.1, 0.15) is 11.4 Å². The molecule has 2 aromatic heterocycles. The second-order valence-corrected chi connectivity index (χ2v) is 5.70. The van der Waals surface area contributed by atoms with E-state index >= 15 is 0 Å². The minimum atomic E-state index is -0.334. The molecular formula is C16H12BrN3O2. The van der Waals surface area contributed by atoms with Gasteiger partial charge < -0.3 is 10.4 Å². The molecule has 0 aliphatic rings. The van der Waals surface area contributed by atoms with Gasteiger partial charge in [0.2, 0.25) is 0 Å². The Morgan fingerprint density at radius 1 is 1.23 bits per heavy atom. The van der Waals surface area contributed by atoms with E-state index < -0.39 is 0 Å². The zero-order valence-corrected chi connectivity index (χ0v) is 13.3. The van der Waals surface area contributed by atoms with Gasteiger partial charge in [0, 0.05) is 29.5 Å². The molecule has 0 aliphatic heterocycles. The largest absolute Gasteiger partial charge is 0.508 e. The average molecular weight is 358 g/mol. The molecule has 0 spiro atoms. The SMILES string of the molecule is Cc1ccc(O)cc1NC(=O)c1ccc2cncc(Br)c2n1. The summed E-state index contributed by atoms with van der Waals surface area (Å²) < 4.78 is 0.730. The molecule has 6 heteroatoms. The number of aromatic hydroxyl groups is 1. The highest BCUT2D eigenvalue weighted by Crippen LogP contribution is 2.23. The number of aromatic nitrogens is 2. The molecule has 1 aromatic carbocycles. The van der Waals surface area contributed by atoms with Gasteiger partial charge in [0.15, 0.2) is 0 Å². The number of aryl methyl sites for hydroxylation is 1. The number of hydrogen-bond donors (Lipinski definition) is 2. The first-order valence-electron chi connectivity index (χ1n) is 6.56. The number of pyridine rings is 2. The summed E-state index contributed by atoms with van der Waals surface area (Å²) in [5.74, 6) is -0.236. The normalized spacial score (nSPS) is 10.6. The Morgan fingerprint density at radius 2 is 2.05 bits per heavy atom. The molecule has 0 atom stereocenters. The van der Waals surface area contributed by atoms with Crippen LogP contribution in [0.4, 0.5) is 5.69 Å². The van der Waals surface area contributed by atoms with Crippen molar-refractivity contribution >= 4 is 38.4 Å². The van der Waals surface area contributed by atoms with E-state index in [1.165, 1.54) is 6.07 Å². The number of anilines is 1. The Hall–Kier alpha value is -2.47. The van der Waals surface area contributed by atoms with Gasteiger partial charge >= 0.3 is 0 Å². The number of benzene rings is 1. The molecule has 0 unspecified atom stereocenters. The first-order valence-corrected chi connectivity index (χ1v) is 7.35. The monoisotopic (exact) mass is 357 g/mol. The summed E-state index contributed by atoms with van der Waals surface area (Å²) in [4.78, 5) is 20.8. The van der Waals surface area contributed by atoms with E-state index in [0.29, 0.717) is 16.9 Å². The number of rotatable bonds is 2. The highest BCUT2D eigenvalue weighted by atomic mass is 79.9. The Balaban J connectivity index is 1.95. The summed E-state index contributed by atoms with van der Waals surface area (Å²) in [5, 5.41) is 13.1. The maximum Gasteiger partial charge on any atom is 0.274 e. The van der Waals surface area contributed by atoms with E-state index in [9.17, 15) is 9.90 Å². The molecule has 0 saturated heterocycles. The Labute approximate surface area is 135 Å². The van der Waals surface area contributed by atoms with E-state index in [1.807, 2.05) is 6.92 Å². The number of carbonyl (C=O) groups excluding carboxylic acids is 1. The highest BCUT2D eigenvalue weighted by molar-refractivity contribution is 9.10. The first kappa shape index (κ1) is 14.5. The van der Waals surface area contributed by atoms with Crippen LogP contribution < -0.4 is 5.32 Å². The standard InChI is InChI=1S/C16H12BrN3O2/c1-9-2-4-11(21)6-14(9)20-16(22)13-5-3-10-7-18-8-12(17)15(10)19-13/h2-8,21H,1H3,(H,20,22). The van der Waals surface area contributed by atoms with Crippen molar-refractivity contribution in [1.29, 1.82) is 0 Å². The number of amides is 1. The van der Waals surface area contributed by atoms with Crippen molar-refractivity contribution in [2.24, 2.45) is 0 Å². The van der Waals surface area contributed by atoms with Crippen molar-refractivity contribution in [3.05, 3.63) is 58.5 Å². The lowest BCUT2D eigenvalue weighted by molar-refractivity contribution is 0.102. The van der Waals surface area contributed by atoms with Crippen molar-refractivity contribution in [2.45, 2.75) is 6.92 Å². The fourth-order valence-electron chi connectivity index (χ4n) is 2.07. The quantitative estimate of drug-likeness (QED) is 0.733. The Morgan fingerprint density at radius 3 is 2.86 bits per heavy atom. The van der Waals surface area contributed by atoms with Crippen LogP contribution in [0, 0.1) is 6.92 Å². The number of phenolic OH excluding ortho intramolecular Hbond substituents is 1. The van der Waals surface area contributed by atoms with Gasteiger partial charge in [-0.2, -0.15) is 0 Å². The Kier molecular flexibility index (Phi) is 3.77. The molecule has 110 valence electrons. The van der Waals surface area contributed by atoms with Crippen LogP contribution in [0.5, 0.6) is 5.75 Å². The number of halogens is 1. The lowest BCUT2D eigenvalue weighted by Crippen LogP contribution is -2.14. The highest BCUT2D eigenvalue weighted by Gasteiger charge is 2.11. The van der Waals surface area contributed by atoms with Crippen molar-refractivity contribution in [3.8, 4) is 5.75 Å². The van der Waals surface area contributed by atoms with E-state index in [2.05, 4.69) is 31.2 Å². The predicted octanol–water partition coefficient (Wildman–Crippen LogP) is 3.66. The number of carbonyl (C=O) groups is 1. The van der Waals surface area contributed by atoms with Gasteiger partial charge in [-0.05, 0) is 46.6 Å². The Bertz CT molecular complexity index is 880. The van der Waals surface area contributed by atoms with Crippen molar-refractivity contribution < 1.29 is 9.90 Å². The molecule has 3 aromatic rings. The zero-order chi connectivity index (χ0) is 15.7. The molecule has 5 nitrogen and oxygen atoms in total. The minimum Gasteiger partial charge on any atom is -0.508 e. The number of nitrogens with zero attached hydrogens (tertiary/aromatic N) is 2. The smallest absolute Gasteiger partial charge is 0.274 e. The van der Waals surface area contributed by atoms with E-state index in [1.54, 1.807) is 36.7 Å². The maximum absolute atomic E-state index is 12.3. The topological polar surface area (TPSA) is 75.1 Å². The minimum absolute atomic E-state index is 0.0983. The van der Waals surface area contributed by atoms with Crippen molar-refractivity contribution in [3.63, 3.8) is 0 Å². The summed E-state index contributed by atoms with van der Waals surface area (Å²) in [6.45, 7) is 1.85. The van der Waals surface area contributed by atoms with Gasteiger partial charge in [0.05, 0.1) is 9.99 Å². The van der Waals surface area contributed by atoms with Crippen LogP contribution in [0.2, 0.25) is 0 Å². The van der Waals surface area contributed by atoms with Crippen LogP contribution in [0.25, 0.3) is 10.9 Å². The molecule has 0 radical (unpaired) electrons. The second kappa shape index (κ2) is 5.73. The summed E-state index contributed by atoms with van der Waals surface area (Å²) in [7, 11) is 0. The van der Waals surface area contributed by atoms with Crippen LogP contribution in [0.3, 0.4) is 0 Å². The summed E-state index contributed by atoms with van der Waals surface area (Å²) >= 11 is 3.38. The molecule has 2 heterocycles. The predicted molar refractivity (Wildman–Crippen MR) is 88.0 cm³/mol. The second-order valence-electron chi connectivity index (χ2n) is 4.84. The molecule has 0 aliphatic carbocycles. The van der Waals surface area contributed by atoms with Crippen molar-refractivity contribution in [1.82, 2.24) is 9.97 Å². The maximum atomic E-state index is 12.3. The average Bonchev–Trinajstić information content (AvgIpc) is 2.51. The number of fused-ring (bicyclic) bond motifs is 1. The van der Waals surface area contributed by atoms with Gasteiger partial charge in [-0.3, -0.25) is 9.78 Å². The first-order chi connectivity index (χ1) is 10.5. The molecule has 0 bridgehead atoms. The summed E-state index contributed by atoms with van der Waals surface area (Å²) in [6.07, 6.45) is 3.32.